The molecule has 0 aliphatic carbocycles. The van der Waals surface area contributed by atoms with Gasteiger partial charge in [-0.25, -0.2) is 4.68 Å². The SMILES string of the molecule is CCc1nn(C(C)(C)C)c(O)c1/N=N/c1ccc(/N=N/c2ccccc2)cc1. The summed E-state index contributed by atoms with van der Waals surface area (Å²) in [4.78, 5) is 0. The summed E-state index contributed by atoms with van der Waals surface area (Å²) in [5.74, 6) is 0.0291. The van der Waals surface area contributed by atoms with E-state index in [1.54, 1.807) is 16.8 Å². The van der Waals surface area contributed by atoms with Crippen molar-refractivity contribution in [3.63, 3.8) is 0 Å². The third-order valence-corrected chi connectivity index (χ3v) is 4.03. The first-order chi connectivity index (χ1) is 13.4. The largest absolute Gasteiger partial charge is 0.492 e. The van der Waals surface area contributed by atoms with Crippen molar-refractivity contribution < 1.29 is 5.11 Å². The van der Waals surface area contributed by atoms with Crippen molar-refractivity contribution in [3.05, 3.63) is 60.3 Å². The molecule has 144 valence electrons. The number of nitrogens with zero attached hydrogens (tertiary/aromatic N) is 6. The van der Waals surface area contributed by atoms with Gasteiger partial charge in [0.15, 0.2) is 5.69 Å². The summed E-state index contributed by atoms with van der Waals surface area (Å²) in [5.41, 5.74) is 2.95. The first-order valence-corrected chi connectivity index (χ1v) is 9.18. The van der Waals surface area contributed by atoms with Gasteiger partial charge >= 0.3 is 0 Å². The van der Waals surface area contributed by atoms with Crippen molar-refractivity contribution in [2.24, 2.45) is 20.5 Å². The van der Waals surface area contributed by atoms with Crippen LogP contribution < -0.4 is 0 Å². The number of aryl methyl sites for hydroxylation is 1. The Morgan fingerprint density at radius 3 is 1.82 bits per heavy atom. The minimum atomic E-state index is -0.340. The van der Waals surface area contributed by atoms with E-state index < -0.39 is 0 Å². The summed E-state index contributed by atoms with van der Waals surface area (Å²) in [6.07, 6.45) is 0.657. The Morgan fingerprint density at radius 1 is 0.821 bits per heavy atom. The summed E-state index contributed by atoms with van der Waals surface area (Å²) in [7, 11) is 0. The van der Waals surface area contributed by atoms with Crippen molar-refractivity contribution in [3.8, 4) is 5.88 Å². The van der Waals surface area contributed by atoms with Gasteiger partial charge in [0.25, 0.3) is 0 Å². The summed E-state index contributed by atoms with van der Waals surface area (Å²) in [6.45, 7) is 7.90. The van der Waals surface area contributed by atoms with E-state index in [0.717, 1.165) is 11.4 Å². The molecule has 0 saturated carbocycles. The van der Waals surface area contributed by atoms with Crippen molar-refractivity contribution in [1.29, 1.82) is 0 Å². The number of benzene rings is 2. The Kier molecular flexibility index (Phi) is 5.63. The predicted molar refractivity (Wildman–Crippen MR) is 110 cm³/mol. The van der Waals surface area contributed by atoms with Crippen LogP contribution in [0.4, 0.5) is 22.7 Å². The van der Waals surface area contributed by atoms with Gasteiger partial charge in [-0.3, -0.25) is 0 Å². The van der Waals surface area contributed by atoms with E-state index in [-0.39, 0.29) is 11.4 Å². The van der Waals surface area contributed by atoms with Gasteiger partial charge < -0.3 is 5.11 Å². The molecular weight excluding hydrogens is 352 g/mol. The zero-order valence-corrected chi connectivity index (χ0v) is 16.5. The molecule has 2 aromatic carbocycles. The van der Waals surface area contributed by atoms with E-state index in [0.29, 0.717) is 23.5 Å². The Morgan fingerprint density at radius 2 is 1.32 bits per heavy atom. The van der Waals surface area contributed by atoms with E-state index in [4.69, 9.17) is 0 Å². The molecule has 0 aliphatic heterocycles. The normalized spacial score (nSPS) is 12.3. The second-order valence-electron chi connectivity index (χ2n) is 7.31. The third kappa shape index (κ3) is 4.49. The van der Waals surface area contributed by atoms with Gasteiger partial charge in [-0.2, -0.15) is 20.4 Å². The molecule has 0 amide bonds. The first kappa shape index (κ1) is 19.4. The van der Waals surface area contributed by atoms with E-state index in [9.17, 15) is 5.11 Å². The lowest BCUT2D eigenvalue weighted by molar-refractivity contribution is 0.294. The van der Waals surface area contributed by atoms with Crippen LogP contribution in [0, 0.1) is 0 Å². The van der Waals surface area contributed by atoms with Crippen LogP contribution in [0.5, 0.6) is 5.88 Å². The fourth-order valence-corrected chi connectivity index (χ4v) is 2.56. The van der Waals surface area contributed by atoms with Crippen molar-refractivity contribution in [1.82, 2.24) is 9.78 Å². The predicted octanol–water partition coefficient (Wildman–Crippen LogP) is 6.74. The molecule has 3 rings (SSSR count). The van der Waals surface area contributed by atoms with E-state index in [1.807, 2.05) is 70.2 Å². The highest BCUT2D eigenvalue weighted by molar-refractivity contribution is 5.53. The smallest absolute Gasteiger partial charge is 0.238 e. The van der Waals surface area contributed by atoms with Crippen molar-refractivity contribution in [2.45, 2.75) is 39.7 Å². The lowest BCUT2D eigenvalue weighted by Gasteiger charge is -2.19. The zero-order chi connectivity index (χ0) is 20.1. The molecule has 0 bridgehead atoms. The summed E-state index contributed by atoms with van der Waals surface area (Å²) >= 11 is 0. The highest BCUT2D eigenvalue weighted by atomic mass is 16.3. The summed E-state index contributed by atoms with van der Waals surface area (Å²) < 4.78 is 1.58. The second kappa shape index (κ2) is 8.12. The van der Waals surface area contributed by atoms with Crippen molar-refractivity contribution in [2.75, 3.05) is 0 Å². The molecule has 0 atom stereocenters. The molecule has 0 unspecified atom stereocenters. The average Bonchev–Trinajstić information content (AvgIpc) is 3.02. The maximum Gasteiger partial charge on any atom is 0.238 e. The highest BCUT2D eigenvalue weighted by Gasteiger charge is 2.24. The molecule has 0 aliphatic rings. The van der Waals surface area contributed by atoms with E-state index >= 15 is 0 Å². The molecular formula is C21H24N6O. The zero-order valence-electron chi connectivity index (χ0n) is 16.5. The quantitative estimate of drug-likeness (QED) is 0.500. The molecule has 0 radical (unpaired) electrons. The minimum absolute atomic E-state index is 0.0291. The molecule has 1 heterocycles. The Labute approximate surface area is 164 Å². The standard InChI is InChI=1S/C21H24N6O/c1-5-18-19(20(28)27(26-18)21(2,3)4)25-24-17-13-11-16(12-14-17)23-22-15-9-7-6-8-10-15/h6-14,28H,5H2,1-4H3/b23-22+,25-24+. The number of aromatic nitrogens is 2. The average molecular weight is 376 g/mol. The Balaban J connectivity index is 1.78. The number of aromatic hydroxyl groups is 1. The lowest BCUT2D eigenvalue weighted by atomic mass is 10.1. The van der Waals surface area contributed by atoms with Gasteiger partial charge in [0.2, 0.25) is 5.88 Å². The van der Waals surface area contributed by atoms with Crippen molar-refractivity contribution >= 4 is 22.7 Å². The van der Waals surface area contributed by atoms with Crippen LogP contribution in [-0.4, -0.2) is 14.9 Å². The number of rotatable bonds is 5. The molecule has 28 heavy (non-hydrogen) atoms. The topological polar surface area (TPSA) is 87.5 Å². The fraction of sp³-hybridized carbons (Fsp3) is 0.286. The third-order valence-electron chi connectivity index (χ3n) is 4.03. The molecule has 0 fully saturated rings. The number of azo groups is 2. The van der Waals surface area contributed by atoms with Crippen LogP contribution in [0.3, 0.4) is 0 Å². The van der Waals surface area contributed by atoms with Gasteiger partial charge in [0, 0.05) is 0 Å². The molecule has 0 spiro atoms. The van der Waals surface area contributed by atoms with Gasteiger partial charge in [-0.15, -0.1) is 5.11 Å². The summed E-state index contributed by atoms with van der Waals surface area (Å²) in [6, 6.07) is 16.8. The number of hydrogen-bond donors (Lipinski definition) is 1. The van der Waals surface area contributed by atoms with Gasteiger partial charge in [0.05, 0.1) is 28.3 Å². The first-order valence-electron chi connectivity index (χ1n) is 9.18. The Bertz CT molecular complexity index is 982. The Hall–Kier alpha value is -3.35. The van der Waals surface area contributed by atoms with Gasteiger partial charge in [-0.05, 0) is 63.6 Å². The number of hydrogen-bond acceptors (Lipinski definition) is 6. The molecule has 7 heteroatoms. The highest BCUT2D eigenvalue weighted by Crippen LogP contribution is 2.36. The molecule has 1 N–H and O–H groups in total. The van der Waals surface area contributed by atoms with Crippen LogP contribution >= 0.6 is 0 Å². The molecule has 7 nitrogen and oxygen atoms in total. The lowest BCUT2D eigenvalue weighted by Crippen LogP contribution is -2.22. The van der Waals surface area contributed by atoms with E-state index in [2.05, 4.69) is 25.6 Å². The maximum atomic E-state index is 10.5. The van der Waals surface area contributed by atoms with Crippen LogP contribution in [0.1, 0.15) is 33.4 Å². The van der Waals surface area contributed by atoms with Crippen LogP contribution in [0.15, 0.2) is 75.1 Å². The monoisotopic (exact) mass is 376 g/mol. The second-order valence-corrected chi connectivity index (χ2v) is 7.31. The van der Waals surface area contributed by atoms with Gasteiger partial charge in [-0.1, -0.05) is 25.1 Å². The fourth-order valence-electron chi connectivity index (χ4n) is 2.56. The molecule has 3 aromatic rings. The molecule has 1 aromatic heterocycles. The van der Waals surface area contributed by atoms with Crippen LogP contribution in [0.25, 0.3) is 0 Å². The molecule has 0 saturated heterocycles. The minimum Gasteiger partial charge on any atom is -0.492 e. The van der Waals surface area contributed by atoms with Crippen LogP contribution in [0.2, 0.25) is 0 Å². The van der Waals surface area contributed by atoms with Crippen LogP contribution in [-0.2, 0) is 12.0 Å². The summed E-state index contributed by atoms with van der Waals surface area (Å²) in [5, 5.41) is 31.8. The van der Waals surface area contributed by atoms with E-state index in [1.165, 1.54) is 0 Å². The maximum absolute atomic E-state index is 10.5. The van der Waals surface area contributed by atoms with Gasteiger partial charge in [0.1, 0.15) is 0 Å².